The fourth-order valence-corrected chi connectivity index (χ4v) is 2.26. The minimum atomic E-state index is 0.115. The number of nitrogens with two attached hydrogens (primary N) is 1. The highest BCUT2D eigenvalue weighted by Crippen LogP contribution is 2.26. The molecule has 2 atom stereocenters. The molecule has 1 heterocycles. The molecular weight excluding hydrogens is 210 g/mol. The first-order chi connectivity index (χ1) is 7.82. The zero-order valence-electron chi connectivity index (χ0n) is 11.9. The van der Waals surface area contributed by atoms with Crippen molar-refractivity contribution >= 4 is 0 Å². The van der Waals surface area contributed by atoms with Crippen molar-refractivity contribution in [1.82, 2.24) is 9.97 Å². The topological polar surface area (TPSA) is 51.8 Å². The van der Waals surface area contributed by atoms with E-state index in [1.54, 1.807) is 0 Å². The highest BCUT2D eigenvalue weighted by molar-refractivity contribution is 5.17. The zero-order chi connectivity index (χ0) is 13.2. The van der Waals surface area contributed by atoms with E-state index in [2.05, 4.69) is 50.7 Å². The van der Waals surface area contributed by atoms with Crippen LogP contribution in [0.4, 0.5) is 0 Å². The van der Waals surface area contributed by atoms with Crippen molar-refractivity contribution in [1.29, 1.82) is 0 Å². The summed E-state index contributed by atoms with van der Waals surface area (Å²) in [7, 11) is 0. The van der Waals surface area contributed by atoms with Gasteiger partial charge in [-0.05, 0) is 25.8 Å². The van der Waals surface area contributed by atoms with Gasteiger partial charge in [-0.15, -0.1) is 0 Å². The molecule has 1 aromatic heterocycles. The van der Waals surface area contributed by atoms with Gasteiger partial charge in [0.2, 0.25) is 0 Å². The first-order valence-corrected chi connectivity index (χ1v) is 6.44. The number of hydrogen-bond donors (Lipinski definition) is 1. The second-order valence-electron chi connectivity index (χ2n) is 5.58. The maximum absolute atomic E-state index is 6.09. The molecule has 0 fully saturated rings. The molecule has 0 aromatic carbocycles. The standard InChI is InChI=1S/C14H25N3/c1-8(2)13(11(6)15)12-7-10(5)16-14(17-12)9(3)4/h7-9,11,13H,15H2,1-6H3. The van der Waals surface area contributed by atoms with Crippen molar-refractivity contribution in [3.05, 3.63) is 23.3 Å². The molecule has 2 N–H and O–H groups in total. The lowest BCUT2D eigenvalue weighted by atomic mass is 9.86. The Labute approximate surface area is 105 Å². The number of rotatable bonds is 4. The molecular formula is C14H25N3. The minimum absolute atomic E-state index is 0.115. The molecule has 0 amide bonds. The monoisotopic (exact) mass is 235 g/mol. The molecule has 0 spiro atoms. The highest BCUT2D eigenvalue weighted by atomic mass is 14.9. The van der Waals surface area contributed by atoms with Gasteiger partial charge in [0.1, 0.15) is 5.82 Å². The predicted octanol–water partition coefficient (Wildman–Crippen LogP) is 3.00. The second-order valence-corrected chi connectivity index (χ2v) is 5.58. The summed E-state index contributed by atoms with van der Waals surface area (Å²) in [5.74, 6) is 2.07. The molecule has 96 valence electrons. The minimum Gasteiger partial charge on any atom is -0.327 e. The summed E-state index contributed by atoms with van der Waals surface area (Å²) in [4.78, 5) is 9.17. The largest absolute Gasteiger partial charge is 0.327 e. The Bertz CT molecular complexity index is 362. The van der Waals surface area contributed by atoms with Crippen molar-refractivity contribution < 1.29 is 0 Å². The van der Waals surface area contributed by atoms with Crippen molar-refractivity contribution in [2.24, 2.45) is 11.7 Å². The van der Waals surface area contributed by atoms with Crippen LogP contribution in [-0.2, 0) is 0 Å². The average molecular weight is 235 g/mol. The summed E-state index contributed by atoms with van der Waals surface area (Å²) in [6.07, 6.45) is 0. The normalized spacial score (nSPS) is 15.4. The van der Waals surface area contributed by atoms with Gasteiger partial charge in [0.25, 0.3) is 0 Å². The average Bonchev–Trinajstić information content (AvgIpc) is 2.15. The van der Waals surface area contributed by atoms with Gasteiger partial charge in [0.15, 0.2) is 0 Å². The van der Waals surface area contributed by atoms with E-state index in [4.69, 9.17) is 5.73 Å². The van der Waals surface area contributed by atoms with E-state index in [-0.39, 0.29) is 6.04 Å². The van der Waals surface area contributed by atoms with Crippen LogP contribution in [-0.4, -0.2) is 16.0 Å². The Hall–Kier alpha value is -0.960. The zero-order valence-corrected chi connectivity index (χ0v) is 11.9. The Morgan fingerprint density at radius 2 is 1.65 bits per heavy atom. The third-order valence-corrected chi connectivity index (χ3v) is 3.03. The fourth-order valence-electron chi connectivity index (χ4n) is 2.26. The SMILES string of the molecule is Cc1cc(C(C(C)C)C(C)N)nc(C(C)C)n1. The second kappa shape index (κ2) is 5.58. The van der Waals surface area contributed by atoms with E-state index in [1.165, 1.54) is 0 Å². The molecule has 17 heavy (non-hydrogen) atoms. The third-order valence-electron chi connectivity index (χ3n) is 3.03. The molecule has 0 saturated heterocycles. The van der Waals surface area contributed by atoms with Crippen LogP contribution in [0, 0.1) is 12.8 Å². The summed E-state index contributed by atoms with van der Waals surface area (Å²) in [5.41, 5.74) is 8.21. The van der Waals surface area contributed by atoms with Gasteiger partial charge < -0.3 is 5.73 Å². The molecule has 3 heteroatoms. The van der Waals surface area contributed by atoms with E-state index in [1.807, 2.05) is 6.92 Å². The summed E-state index contributed by atoms with van der Waals surface area (Å²) in [5, 5.41) is 0. The lowest BCUT2D eigenvalue weighted by Gasteiger charge is -2.25. The van der Waals surface area contributed by atoms with E-state index >= 15 is 0 Å². The van der Waals surface area contributed by atoms with Gasteiger partial charge in [-0.2, -0.15) is 0 Å². The molecule has 1 rings (SSSR count). The van der Waals surface area contributed by atoms with Crippen LogP contribution in [0.3, 0.4) is 0 Å². The van der Waals surface area contributed by atoms with Crippen LogP contribution in [0.25, 0.3) is 0 Å². The maximum atomic E-state index is 6.09. The van der Waals surface area contributed by atoms with Gasteiger partial charge in [-0.25, -0.2) is 9.97 Å². The Kier molecular flexibility index (Phi) is 4.63. The third kappa shape index (κ3) is 3.50. The summed E-state index contributed by atoms with van der Waals surface area (Å²) < 4.78 is 0. The predicted molar refractivity (Wildman–Crippen MR) is 72.1 cm³/mol. The van der Waals surface area contributed by atoms with E-state index in [9.17, 15) is 0 Å². The molecule has 3 nitrogen and oxygen atoms in total. The van der Waals surface area contributed by atoms with Gasteiger partial charge in [-0.1, -0.05) is 27.7 Å². The quantitative estimate of drug-likeness (QED) is 0.872. The van der Waals surface area contributed by atoms with Crippen LogP contribution in [0.15, 0.2) is 6.07 Å². The summed E-state index contributed by atoms with van der Waals surface area (Å²) >= 11 is 0. The lowest BCUT2D eigenvalue weighted by molar-refractivity contribution is 0.424. The molecule has 1 aromatic rings. The Morgan fingerprint density at radius 3 is 2.06 bits per heavy atom. The fraction of sp³-hybridized carbons (Fsp3) is 0.714. The van der Waals surface area contributed by atoms with E-state index < -0.39 is 0 Å². The molecule has 0 aliphatic heterocycles. The highest BCUT2D eigenvalue weighted by Gasteiger charge is 2.22. The van der Waals surface area contributed by atoms with E-state index in [0.29, 0.717) is 17.8 Å². The maximum Gasteiger partial charge on any atom is 0.131 e. The van der Waals surface area contributed by atoms with Gasteiger partial charge >= 0.3 is 0 Å². The number of aryl methyl sites for hydroxylation is 1. The van der Waals surface area contributed by atoms with Crippen molar-refractivity contribution in [3.8, 4) is 0 Å². The lowest BCUT2D eigenvalue weighted by Crippen LogP contribution is -2.29. The van der Waals surface area contributed by atoms with Crippen LogP contribution in [0.2, 0.25) is 0 Å². The van der Waals surface area contributed by atoms with Crippen molar-refractivity contribution in [2.45, 2.75) is 59.4 Å². The molecule has 0 aliphatic rings. The summed E-state index contributed by atoms with van der Waals surface area (Å²) in [6, 6.07) is 2.18. The first kappa shape index (κ1) is 14.1. The van der Waals surface area contributed by atoms with Gasteiger partial charge in [0.05, 0.1) is 0 Å². The van der Waals surface area contributed by atoms with Crippen LogP contribution in [0.5, 0.6) is 0 Å². The first-order valence-electron chi connectivity index (χ1n) is 6.44. The van der Waals surface area contributed by atoms with E-state index in [0.717, 1.165) is 17.2 Å². The van der Waals surface area contributed by atoms with Crippen LogP contribution >= 0.6 is 0 Å². The number of hydrogen-bond acceptors (Lipinski definition) is 3. The number of aromatic nitrogens is 2. The van der Waals surface area contributed by atoms with Gasteiger partial charge in [-0.3, -0.25) is 0 Å². The van der Waals surface area contributed by atoms with Crippen molar-refractivity contribution in [2.75, 3.05) is 0 Å². The molecule has 0 aliphatic carbocycles. The van der Waals surface area contributed by atoms with Crippen molar-refractivity contribution in [3.63, 3.8) is 0 Å². The molecule has 0 saturated carbocycles. The molecule has 0 bridgehead atoms. The number of nitrogens with zero attached hydrogens (tertiary/aromatic N) is 2. The molecule has 0 radical (unpaired) electrons. The van der Waals surface area contributed by atoms with Crippen LogP contribution < -0.4 is 5.73 Å². The Morgan fingerprint density at radius 1 is 1.06 bits per heavy atom. The Balaban J connectivity index is 3.19. The molecule has 2 unspecified atom stereocenters. The smallest absolute Gasteiger partial charge is 0.131 e. The summed E-state index contributed by atoms with van der Waals surface area (Å²) in [6.45, 7) is 12.7. The van der Waals surface area contributed by atoms with Crippen LogP contribution in [0.1, 0.15) is 63.7 Å². The van der Waals surface area contributed by atoms with Gasteiger partial charge in [0, 0.05) is 29.3 Å².